The Labute approximate surface area is 123 Å². The Kier molecular flexibility index (Phi) is 5.70. The Morgan fingerprint density at radius 3 is 3.11 bits per heavy atom. The third kappa shape index (κ3) is 5.15. The van der Waals surface area contributed by atoms with Crippen LogP contribution in [0.3, 0.4) is 0 Å². The lowest BCUT2D eigenvalue weighted by Gasteiger charge is -2.27. The molecule has 0 bridgehead atoms. The van der Waals surface area contributed by atoms with Crippen LogP contribution >= 0.6 is 23.1 Å². The van der Waals surface area contributed by atoms with Gasteiger partial charge in [-0.3, -0.25) is 4.79 Å². The molecule has 1 aliphatic carbocycles. The first-order valence-electron chi connectivity index (χ1n) is 6.91. The largest absolute Gasteiger partial charge is 0.353 e. The van der Waals surface area contributed by atoms with Gasteiger partial charge in [-0.25, -0.2) is 4.98 Å². The van der Waals surface area contributed by atoms with E-state index in [0.717, 1.165) is 35.2 Å². The summed E-state index contributed by atoms with van der Waals surface area (Å²) in [4.78, 5) is 16.3. The van der Waals surface area contributed by atoms with Gasteiger partial charge in [-0.15, -0.1) is 23.1 Å². The van der Waals surface area contributed by atoms with Crippen LogP contribution in [0.1, 0.15) is 43.3 Å². The number of thiazole rings is 1. The first kappa shape index (κ1) is 14.9. The molecule has 1 aromatic rings. The summed E-state index contributed by atoms with van der Waals surface area (Å²) in [6, 6.07) is 0.401. The minimum absolute atomic E-state index is 0.177. The summed E-state index contributed by atoms with van der Waals surface area (Å²) in [6.07, 6.45) is 4.84. The predicted molar refractivity (Wildman–Crippen MR) is 82.6 cm³/mol. The monoisotopic (exact) mass is 298 g/mol. The summed E-state index contributed by atoms with van der Waals surface area (Å²) in [5.41, 5.74) is 1.09. The highest BCUT2D eigenvalue weighted by atomic mass is 32.2. The van der Waals surface area contributed by atoms with Crippen LogP contribution in [0.4, 0.5) is 0 Å². The van der Waals surface area contributed by atoms with Crippen LogP contribution in [0.5, 0.6) is 0 Å². The van der Waals surface area contributed by atoms with Crippen molar-refractivity contribution in [3.05, 3.63) is 16.1 Å². The van der Waals surface area contributed by atoms with Crippen LogP contribution in [0.2, 0.25) is 0 Å². The molecule has 1 fully saturated rings. The van der Waals surface area contributed by atoms with Crippen molar-refractivity contribution in [2.75, 3.05) is 5.75 Å². The van der Waals surface area contributed by atoms with Crippen LogP contribution in [0, 0.1) is 12.8 Å². The van der Waals surface area contributed by atoms with E-state index in [9.17, 15) is 4.79 Å². The molecule has 1 N–H and O–H groups in total. The Morgan fingerprint density at radius 1 is 1.58 bits per heavy atom. The number of rotatable bonds is 5. The van der Waals surface area contributed by atoms with Crippen molar-refractivity contribution in [2.24, 2.45) is 5.92 Å². The molecule has 2 atom stereocenters. The fourth-order valence-corrected chi connectivity index (χ4v) is 4.00. The molecular weight excluding hydrogens is 276 g/mol. The molecular formula is C14H22N2OS2. The van der Waals surface area contributed by atoms with Gasteiger partial charge in [0.15, 0.2) is 0 Å². The number of hydrogen-bond donors (Lipinski definition) is 1. The Bertz CT molecular complexity index is 419. The number of thioether (sulfide) groups is 1. The van der Waals surface area contributed by atoms with Crippen molar-refractivity contribution >= 4 is 29.0 Å². The van der Waals surface area contributed by atoms with Crippen LogP contribution < -0.4 is 5.32 Å². The summed E-state index contributed by atoms with van der Waals surface area (Å²) < 4.78 is 0. The van der Waals surface area contributed by atoms with Gasteiger partial charge in [0.05, 0.1) is 16.5 Å². The zero-order chi connectivity index (χ0) is 13.7. The average Bonchev–Trinajstić information content (AvgIpc) is 2.75. The molecule has 0 aromatic carbocycles. The van der Waals surface area contributed by atoms with Gasteiger partial charge >= 0.3 is 0 Å². The molecule has 106 valence electrons. The highest BCUT2D eigenvalue weighted by Crippen LogP contribution is 2.23. The van der Waals surface area contributed by atoms with Crippen LogP contribution in [0.15, 0.2) is 5.38 Å². The number of aromatic nitrogens is 1. The van der Waals surface area contributed by atoms with Crippen LogP contribution in [-0.4, -0.2) is 22.7 Å². The fourth-order valence-electron chi connectivity index (χ4n) is 2.56. The molecule has 1 amide bonds. The van der Waals surface area contributed by atoms with E-state index >= 15 is 0 Å². The number of carbonyl (C=O) groups excluding carboxylic acids is 1. The van der Waals surface area contributed by atoms with Crippen molar-refractivity contribution in [3.63, 3.8) is 0 Å². The third-order valence-corrected chi connectivity index (χ3v) is 5.24. The normalized spacial score (nSPS) is 23.3. The van der Waals surface area contributed by atoms with Gasteiger partial charge < -0.3 is 5.32 Å². The topological polar surface area (TPSA) is 42.0 Å². The van der Waals surface area contributed by atoms with Crippen LogP contribution in [0.25, 0.3) is 0 Å². The maximum Gasteiger partial charge on any atom is 0.230 e. The molecule has 0 spiro atoms. The van der Waals surface area contributed by atoms with E-state index in [1.807, 2.05) is 6.92 Å². The molecule has 2 rings (SSSR count). The van der Waals surface area contributed by atoms with E-state index in [2.05, 4.69) is 22.6 Å². The molecule has 0 radical (unpaired) electrons. The first-order chi connectivity index (χ1) is 9.13. The van der Waals surface area contributed by atoms with Crippen LogP contribution in [-0.2, 0) is 10.5 Å². The average molecular weight is 298 g/mol. The molecule has 0 aliphatic heterocycles. The summed E-state index contributed by atoms with van der Waals surface area (Å²) in [6.45, 7) is 4.29. The smallest absolute Gasteiger partial charge is 0.230 e. The second kappa shape index (κ2) is 7.29. The second-order valence-electron chi connectivity index (χ2n) is 5.39. The lowest BCUT2D eigenvalue weighted by atomic mass is 9.87. The van der Waals surface area contributed by atoms with Gasteiger partial charge in [0.2, 0.25) is 5.91 Å². The first-order valence-corrected chi connectivity index (χ1v) is 8.95. The summed E-state index contributed by atoms with van der Waals surface area (Å²) in [5.74, 6) is 2.31. The minimum atomic E-state index is 0.177. The van der Waals surface area contributed by atoms with Gasteiger partial charge in [0, 0.05) is 17.2 Å². The zero-order valence-electron chi connectivity index (χ0n) is 11.6. The van der Waals surface area contributed by atoms with E-state index in [-0.39, 0.29) is 5.91 Å². The number of carbonyl (C=O) groups is 1. The van der Waals surface area contributed by atoms with E-state index in [4.69, 9.17) is 0 Å². The summed E-state index contributed by atoms with van der Waals surface area (Å²) in [5, 5.41) is 6.33. The standard InChI is InChI=1S/C14H22N2OS2/c1-10-4-3-5-12(6-10)16-14(17)9-18-7-13-8-19-11(2)15-13/h8,10,12H,3-7,9H2,1-2H3,(H,16,17)/t10-,12+/m0/s1. The minimum Gasteiger partial charge on any atom is -0.353 e. The van der Waals surface area contributed by atoms with Gasteiger partial charge in [0.25, 0.3) is 0 Å². The Morgan fingerprint density at radius 2 is 2.42 bits per heavy atom. The molecule has 3 nitrogen and oxygen atoms in total. The lowest BCUT2D eigenvalue weighted by Crippen LogP contribution is -2.38. The second-order valence-corrected chi connectivity index (χ2v) is 7.43. The maximum atomic E-state index is 11.9. The molecule has 1 aliphatic rings. The third-order valence-electron chi connectivity index (χ3n) is 3.45. The SMILES string of the molecule is Cc1nc(CSCC(=O)N[C@@H]2CCC[C@H](C)C2)cs1. The van der Waals surface area contributed by atoms with Crippen molar-refractivity contribution < 1.29 is 4.79 Å². The Hall–Kier alpha value is -0.550. The molecule has 19 heavy (non-hydrogen) atoms. The molecule has 5 heteroatoms. The number of hydrogen-bond acceptors (Lipinski definition) is 4. The predicted octanol–water partition coefficient (Wildman–Crippen LogP) is 3.38. The van der Waals surface area contributed by atoms with E-state index in [0.29, 0.717) is 11.8 Å². The summed E-state index contributed by atoms with van der Waals surface area (Å²) >= 11 is 3.32. The highest BCUT2D eigenvalue weighted by Gasteiger charge is 2.20. The van der Waals surface area contributed by atoms with Crippen molar-refractivity contribution in [2.45, 2.75) is 51.3 Å². The number of nitrogens with one attached hydrogen (secondary N) is 1. The maximum absolute atomic E-state index is 11.9. The van der Waals surface area contributed by atoms with Crippen molar-refractivity contribution in [3.8, 4) is 0 Å². The molecule has 1 saturated carbocycles. The van der Waals surface area contributed by atoms with Crippen molar-refractivity contribution in [1.82, 2.24) is 10.3 Å². The molecule has 0 unspecified atom stereocenters. The van der Waals surface area contributed by atoms with E-state index in [1.165, 1.54) is 12.8 Å². The quantitative estimate of drug-likeness (QED) is 0.906. The zero-order valence-corrected chi connectivity index (χ0v) is 13.3. The highest BCUT2D eigenvalue weighted by molar-refractivity contribution is 7.99. The number of nitrogens with zero attached hydrogens (tertiary/aromatic N) is 1. The summed E-state index contributed by atoms with van der Waals surface area (Å²) in [7, 11) is 0. The molecule has 1 heterocycles. The van der Waals surface area contributed by atoms with Crippen molar-refractivity contribution in [1.29, 1.82) is 0 Å². The van der Waals surface area contributed by atoms with Gasteiger partial charge in [-0.05, 0) is 25.7 Å². The van der Waals surface area contributed by atoms with Gasteiger partial charge in [-0.2, -0.15) is 0 Å². The lowest BCUT2D eigenvalue weighted by molar-refractivity contribution is -0.119. The van der Waals surface area contributed by atoms with Gasteiger partial charge in [0.1, 0.15) is 0 Å². The van der Waals surface area contributed by atoms with Gasteiger partial charge in [-0.1, -0.05) is 19.8 Å². The molecule has 1 aromatic heterocycles. The van der Waals surface area contributed by atoms with E-state index in [1.54, 1.807) is 23.1 Å². The number of amides is 1. The Balaban J connectivity index is 1.64. The fraction of sp³-hybridized carbons (Fsp3) is 0.714. The molecule has 0 saturated heterocycles. The van der Waals surface area contributed by atoms with E-state index < -0.39 is 0 Å². The number of aryl methyl sites for hydroxylation is 1.